The number of halogens is 2. The Labute approximate surface area is 149 Å². The molecular weight excluding hydrogens is 344 g/mol. The maximum absolute atomic E-state index is 13.6. The summed E-state index contributed by atoms with van der Waals surface area (Å²) in [6.07, 6.45) is 1.33. The normalized spacial score (nSPS) is 11.8. The Morgan fingerprint density at radius 3 is 2.58 bits per heavy atom. The molecule has 0 fully saturated rings. The van der Waals surface area contributed by atoms with Gasteiger partial charge in [-0.3, -0.25) is 4.79 Å². The van der Waals surface area contributed by atoms with Gasteiger partial charge in [0, 0.05) is 11.8 Å². The lowest BCUT2D eigenvalue weighted by Gasteiger charge is -2.12. The predicted octanol–water partition coefficient (Wildman–Crippen LogP) is 3.56. The molecule has 1 N–H and O–H groups in total. The van der Waals surface area contributed by atoms with Crippen molar-refractivity contribution < 1.29 is 27.8 Å². The largest absolute Gasteiger partial charge is 0.494 e. The fourth-order valence-electron chi connectivity index (χ4n) is 2.03. The molecular formula is C19H17F2NO4. The summed E-state index contributed by atoms with van der Waals surface area (Å²) in [7, 11) is 1.35. The number of methoxy groups -OCH3 is 1. The lowest BCUT2D eigenvalue weighted by molar-refractivity contribution is -0.148. The Morgan fingerprint density at radius 1 is 1.15 bits per heavy atom. The minimum atomic E-state index is -1.09. The van der Waals surface area contributed by atoms with E-state index in [0.717, 1.165) is 12.1 Å². The SMILES string of the molecule is COc1ccc(/C=C/C(=O)O[C@@H](C)C(=O)Nc2cccc(F)c2)cc1F. The van der Waals surface area contributed by atoms with Crippen LogP contribution in [0.5, 0.6) is 5.75 Å². The van der Waals surface area contributed by atoms with E-state index in [0.29, 0.717) is 5.56 Å². The number of benzene rings is 2. The summed E-state index contributed by atoms with van der Waals surface area (Å²) < 4.78 is 36.4. The molecule has 5 nitrogen and oxygen atoms in total. The van der Waals surface area contributed by atoms with Crippen LogP contribution in [0.3, 0.4) is 0 Å². The average molecular weight is 361 g/mol. The lowest BCUT2D eigenvalue weighted by Crippen LogP contribution is -2.29. The summed E-state index contributed by atoms with van der Waals surface area (Å²) in [5, 5.41) is 2.44. The van der Waals surface area contributed by atoms with Gasteiger partial charge in [0.1, 0.15) is 5.82 Å². The molecule has 0 spiro atoms. The van der Waals surface area contributed by atoms with Crippen LogP contribution in [0.1, 0.15) is 12.5 Å². The van der Waals surface area contributed by atoms with Crippen molar-refractivity contribution in [1.82, 2.24) is 0 Å². The van der Waals surface area contributed by atoms with Crippen LogP contribution in [0.2, 0.25) is 0 Å². The van der Waals surface area contributed by atoms with E-state index in [-0.39, 0.29) is 11.4 Å². The third-order valence-electron chi connectivity index (χ3n) is 3.34. The molecule has 0 aliphatic rings. The number of hydrogen-bond acceptors (Lipinski definition) is 4. The molecule has 0 aliphatic heterocycles. The van der Waals surface area contributed by atoms with Crippen molar-refractivity contribution in [3.63, 3.8) is 0 Å². The molecule has 136 valence electrons. The Hall–Kier alpha value is -3.22. The van der Waals surface area contributed by atoms with E-state index < -0.39 is 29.6 Å². The van der Waals surface area contributed by atoms with E-state index in [1.807, 2.05) is 0 Å². The van der Waals surface area contributed by atoms with Crippen LogP contribution in [0.25, 0.3) is 6.08 Å². The minimum Gasteiger partial charge on any atom is -0.494 e. The molecule has 0 aliphatic carbocycles. The van der Waals surface area contributed by atoms with E-state index in [1.54, 1.807) is 6.07 Å². The van der Waals surface area contributed by atoms with Crippen LogP contribution < -0.4 is 10.1 Å². The van der Waals surface area contributed by atoms with E-state index in [4.69, 9.17) is 9.47 Å². The monoisotopic (exact) mass is 361 g/mol. The first-order valence-electron chi connectivity index (χ1n) is 7.67. The van der Waals surface area contributed by atoms with Crippen molar-refractivity contribution >= 4 is 23.6 Å². The van der Waals surface area contributed by atoms with Crippen molar-refractivity contribution in [2.75, 3.05) is 12.4 Å². The van der Waals surface area contributed by atoms with Gasteiger partial charge in [-0.15, -0.1) is 0 Å². The van der Waals surface area contributed by atoms with Gasteiger partial charge in [-0.25, -0.2) is 13.6 Å². The number of esters is 1. The van der Waals surface area contributed by atoms with E-state index in [2.05, 4.69) is 5.32 Å². The molecule has 2 aromatic rings. The van der Waals surface area contributed by atoms with Crippen LogP contribution in [0.4, 0.5) is 14.5 Å². The number of rotatable bonds is 6. The van der Waals surface area contributed by atoms with Gasteiger partial charge in [0.2, 0.25) is 0 Å². The molecule has 0 heterocycles. The fraction of sp³-hybridized carbons (Fsp3) is 0.158. The number of amides is 1. The van der Waals surface area contributed by atoms with Gasteiger partial charge in [0.25, 0.3) is 5.91 Å². The molecule has 0 unspecified atom stereocenters. The number of ether oxygens (including phenoxy) is 2. The first-order valence-corrected chi connectivity index (χ1v) is 7.67. The number of carbonyl (C=O) groups is 2. The van der Waals surface area contributed by atoms with Gasteiger partial charge in [0.05, 0.1) is 7.11 Å². The zero-order chi connectivity index (χ0) is 19.1. The van der Waals surface area contributed by atoms with Crippen molar-refractivity contribution in [2.24, 2.45) is 0 Å². The molecule has 2 aromatic carbocycles. The highest BCUT2D eigenvalue weighted by molar-refractivity contribution is 5.96. The number of hydrogen-bond donors (Lipinski definition) is 1. The molecule has 0 saturated heterocycles. The highest BCUT2D eigenvalue weighted by atomic mass is 19.1. The maximum Gasteiger partial charge on any atom is 0.331 e. The number of anilines is 1. The summed E-state index contributed by atoms with van der Waals surface area (Å²) >= 11 is 0. The van der Waals surface area contributed by atoms with Gasteiger partial charge in [0.15, 0.2) is 17.7 Å². The molecule has 0 radical (unpaired) electrons. The van der Waals surface area contributed by atoms with Crippen LogP contribution in [-0.4, -0.2) is 25.1 Å². The molecule has 1 amide bonds. The summed E-state index contributed by atoms with van der Waals surface area (Å²) in [5.41, 5.74) is 0.680. The third-order valence-corrected chi connectivity index (χ3v) is 3.34. The Bertz CT molecular complexity index is 836. The summed E-state index contributed by atoms with van der Waals surface area (Å²) in [6, 6.07) is 9.52. The van der Waals surface area contributed by atoms with Crippen molar-refractivity contribution in [3.8, 4) is 5.75 Å². The summed E-state index contributed by atoms with van der Waals surface area (Å²) in [5.74, 6) is -2.35. The molecule has 26 heavy (non-hydrogen) atoms. The van der Waals surface area contributed by atoms with Crippen LogP contribution in [-0.2, 0) is 14.3 Å². The second-order valence-electron chi connectivity index (χ2n) is 5.31. The number of nitrogens with one attached hydrogen (secondary N) is 1. The van der Waals surface area contributed by atoms with Crippen LogP contribution in [0, 0.1) is 11.6 Å². The fourth-order valence-corrected chi connectivity index (χ4v) is 2.03. The Kier molecular flexibility index (Phi) is 6.43. The third kappa shape index (κ3) is 5.41. The van der Waals surface area contributed by atoms with Gasteiger partial charge >= 0.3 is 5.97 Å². The molecule has 0 saturated carbocycles. The zero-order valence-electron chi connectivity index (χ0n) is 14.2. The smallest absolute Gasteiger partial charge is 0.331 e. The highest BCUT2D eigenvalue weighted by Gasteiger charge is 2.16. The van der Waals surface area contributed by atoms with Crippen molar-refractivity contribution in [3.05, 3.63) is 65.7 Å². The van der Waals surface area contributed by atoms with E-state index >= 15 is 0 Å². The van der Waals surface area contributed by atoms with Crippen molar-refractivity contribution in [2.45, 2.75) is 13.0 Å². The second-order valence-corrected chi connectivity index (χ2v) is 5.31. The van der Waals surface area contributed by atoms with E-state index in [1.165, 1.54) is 50.4 Å². The highest BCUT2D eigenvalue weighted by Crippen LogP contribution is 2.18. The van der Waals surface area contributed by atoms with Gasteiger partial charge < -0.3 is 14.8 Å². The molecule has 0 aromatic heterocycles. The molecule has 2 rings (SSSR count). The maximum atomic E-state index is 13.6. The lowest BCUT2D eigenvalue weighted by atomic mass is 10.2. The Morgan fingerprint density at radius 2 is 1.92 bits per heavy atom. The average Bonchev–Trinajstić information content (AvgIpc) is 2.60. The second kappa shape index (κ2) is 8.75. The topological polar surface area (TPSA) is 64.6 Å². The van der Waals surface area contributed by atoms with Crippen LogP contribution in [0.15, 0.2) is 48.5 Å². The van der Waals surface area contributed by atoms with Gasteiger partial charge in [-0.2, -0.15) is 0 Å². The zero-order valence-corrected chi connectivity index (χ0v) is 14.2. The summed E-state index contributed by atoms with van der Waals surface area (Å²) in [6.45, 7) is 1.38. The predicted molar refractivity (Wildman–Crippen MR) is 92.6 cm³/mol. The first-order chi connectivity index (χ1) is 12.4. The Balaban J connectivity index is 1.91. The standard InChI is InChI=1S/C19H17F2NO4/c1-12(19(24)22-15-5-3-4-14(20)11-15)26-18(23)9-7-13-6-8-17(25-2)16(21)10-13/h3-12H,1-2H3,(H,22,24)/b9-7+/t12-/m0/s1. The van der Waals surface area contributed by atoms with Gasteiger partial charge in [-0.1, -0.05) is 12.1 Å². The molecule has 1 atom stereocenters. The number of carbonyl (C=O) groups excluding carboxylic acids is 2. The first kappa shape index (κ1) is 19.1. The molecule has 0 bridgehead atoms. The minimum absolute atomic E-state index is 0.0902. The summed E-state index contributed by atoms with van der Waals surface area (Å²) in [4.78, 5) is 23.7. The van der Waals surface area contributed by atoms with Gasteiger partial charge in [-0.05, 0) is 48.9 Å². The van der Waals surface area contributed by atoms with Crippen LogP contribution >= 0.6 is 0 Å². The van der Waals surface area contributed by atoms with Crippen molar-refractivity contribution in [1.29, 1.82) is 0 Å². The molecule has 7 heteroatoms. The quantitative estimate of drug-likeness (QED) is 0.631. The van der Waals surface area contributed by atoms with E-state index in [9.17, 15) is 18.4 Å².